The molecular weight excluding hydrogens is 458 g/mol. The lowest BCUT2D eigenvalue weighted by Gasteiger charge is -2.26. The van der Waals surface area contributed by atoms with Gasteiger partial charge in [-0.1, -0.05) is 44.2 Å². The number of nitrogens with one attached hydrogen (secondary N) is 3. The third-order valence-corrected chi connectivity index (χ3v) is 5.73. The van der Waals surface area contributed by atoms with Gasteiger partial charge in [0.05, 0.1) is 12.3 Å². The van der Waals surface area contributed by atoms with Gasteiger partial charge in [-0.15, -0.1) is 0 Å². The van der Waals surface area contributed by atoms with Crippen LogP contribution in [0.5, 0.6) is 0 Å². The molecule has 0 bridgehead atoms. The molecule has 2 unspecified atom stereocenters. The van der Waals surface area contributed by atoms with Gasteiger partial charge in [0.1, 0.15) is 12.6 Å². The van der Waals surface area contributed by atoms with Gasteiger partial charge in [0.25, 0.3) is 0 Å². The van der Waals surface area contributed by atoms with Crippen molar-refractivity contribution >= 4 is 36.5 Å². The summed E-state index contributed by atoms with van der Waals surface area (Å²) in [5, 5.41) is 16.4. The lowest BCUT2D eigenvalue weighted by molar-refractivity contribution is -0.137. The molecule has 1 aromatic carbocycles. The first kappa shape index (κ1) is 29.3. The van der Waals surface area contributed by atoms with E-state index in [1.54, 1.807) is 0 Å². The summed E-state index contributed by atoms with van der Waals surface area (Å²) in [5.74, 6) is -2.22. The van der Waals surface area contributed by atoms with Crippen LogP contribution in [0.1, 0.15) is 51.5 Å². The van der Waals surface area contributed by atoms with Crippen molar-refractivity contribution in [2.24, 2.45) is 11.8 Å². The number of benzene rings is 1. The predicted octanol–water partition coefficient (Wildman–Crippen LogP) is 2.75. The highest BCUT2D eigenvalue weighted by atomic mass is 32.1. The minimum atomic E-state index is -1.03. The molecule has 3 amide bonds. The minimum absolute atomic E-state index is 0.158. The van der Waals surface area contributed by atoms with E-state index in [1.807, 2.05) is 44.2 Å². The number of hydrogen-bond donors (Lipinski definition) is 5. The Hall–Kier alpha value is -2.75. The molecule has 0 saturated carbocycles. The number of thiol groups is 1. The van der Waals surface area contributed by atoms with Crippen molar-refractivity contribution in [1.29, 1.82) is 0 Å². The van der Waals surface area contributed by atoms with Crippen LogP contribution in [-0.4, -0.2) is 53.9 Å². The second-order valence-corrected chi connectivity index (χ2v) is 9.22. The number of carbonyl (C=O) groups is 4. The molecule has 0 aromatic heterocycles. The van der Waals surface area contributed by atoms with E-state index in [4.69, 9.17) is 9.84 Å². The highest BCUT2D eigenvalue weighted by molar-refractivity contribution is 7.81. The van der Waals surface area contributed by atoms with Crippen molar-refractivity contribution in [3.63, 3.8) is 0 Å². The monoisotopic (exact) mass is 495 g/mol. The van der Waals surface area contributed by atoms with Crippen molar-refractivity contribution in [3.05, 3.63) is 35.9 Å². The molecule has 1 rings (SSSR count). The Morgan fingerprint density at radius 1 is 1.06 bits per heavy atom. The van der Waals surface area contributed by atoms with Crippen LogP contribution in [-0.2, 0) is 25.7 Å². The number of ether oxygens (including phenoxy) is 1. The van der Waals surface area contributed by atoms with E-state index in [2.05, 4.69) is 28.6 Å². The molecule has 3 atom stereocenters. The Balaban J connectivity index is 2.50. The first-order chi connectivity index (χ1) is 16.1. The Morgan fingerprint density at radius 2 is 1.74 bits per heavy atom. The van der Waals surface area contributed by atoms with E-state index in [1.165, 1.54) is 7.05 Å². The first-order valence-electron chi connectivity index (χ1n) is 11.5. The summed E-state index contributed by atoms with van der Waals surface area (Å²) in [6.45, 7) is 4.43. The van der Waals surface area contributed by atoms with E-state index in [0.29, 0.717) is 32.2 Å². The van der Waals surface area contributed by atoms with Gasteiger partial charge in [-0.3, -0.25) is 14.4 Å². The maximum Gasteiger partial charge on any atom is 0.407 e. The average molecular weight is 496 g/mol. The Bertz CT molecular complexity index is 790. The molecule has 1 aromatic rings. The van der Waals surface area contributed by atoms with Crippen molar-refractivity contribution in [3.8, 4) is 0 Å². The first-order valence-corrected chi connectivity index (χ1v) is 12.0. The zero-order valence-corrected chi connectivity index (χ0v) is 21.0. The van der Waals surface area contributed by atoms with Crippen LogP contribution >= 0.6 is 12.6 Å². The van der Waals surface area contributed by atoms with Crippen molar-refractivity contribution < 1.29 is 29.0 Å². The van der Waals surface area contributed by atoms with E-state index >= 15 is 0 Å². The quantitative estimate of drug-likeness (QED) is 0.188. The van der Waals surface area contributed by atoms with Gasteiger partial charge < -0.3 is 25.8 Å². The number of likely N-dealkylation sites (N-methyl/N-ethyl adjacent to an activating group) is 1. The second kappa shape index (κ2) is 16.0. The van der Waals surface area contributed by atoms with Crippen LogP contribution in [0.25, 0.3) is 0 Å². The lowest BCUT2D eigenvalue weighted by atomic mass is 9.91. The number of rotatable bonds is 15. The van der Waals surface area contributed by atoms with E-state index < -0.39 is 29.3 Å². The summed E-state index contributed by atoms with van der Waals surface area (Å²) >= 11 is 4.34. The Kier molecular flexibility index (Phi) is 13.8. The number of alkyl carbamates (subject to hydrolysis) is 1. The standard InChI is InChI=1S/C24H37N3O6S/c1-16(2)13-18(20(34)14-21(28)29)22(30)27-19(23(31)25-3)11-7-8-12-26-24(32)33-15-17-9-5-4-6-10-17/h4-6,9-10,16,18-20,34H,7-8,11-15H2,1-3H3,(H,25,31)(H,26,32)(H,27,30)(H,28,29)/t18?,19-,20?/m0/s1. The SMILES string of the molecule is CNC(=O)[C@H](CCCCNC(=O)OCc1ccccc1)NC(=O)C(CC(C)C)C(S)CC(=O)O. The molecule has 4 N–H and O–H groups in total. The zero-order chi connectivity index (χ0) is 25.5. The molecule has 0 aliphatic heterocycles. The molecule has 9 nitrogen and oxygen atoms in total. The second-order valence-electron chi connectivity index (χ2n) is 8.56. The number of unbranched alkanes of at least 4 members (excludes halogenated alkanes) is 1. The van der Waals surface area contributed by atoms with Crippen LogP contribution in [0.2, 0.25) is 0 Å². The van der Waals surface area contributed by atoms with Gasteiger partial charge in [0.2, 0.25) is 11.8 Å². The summed E-state index contributed by atoms with van der Waals surface area (Å²) in [5.41, 5.74) is 0.893. The predicted molar refractivity (Wildman–Crippen MR) is 132 cm³/mol. The minimum Gasteiger partial charge on any atom is -0.481 e. The fraction of sp³-hybridized carbons (Fsp3) is 0.583. The fourth-order valence-corrected chi connectivity index (χ4v) is 3.84. The highest BCUT2D eigenvalue weighted by Crippen LogP contribution is 2.23. The van der Waals surface area contributed by atoms with Crippen molar-refractivity contribution in [2.45, 2.75) is 63.9 Å². The van der Waals surface area contributed by atoms with Crippen LogP contribution in [0, 0.1) is 11.8 Å². The molecule has 0 aliphatic rings. The smallest absolute Gasteiger partial charge is 0.407 e. The van der Waals surface area contributed by atoms with Crippen molar-refractivity contribution in [2.75, 3.05) is 13.6 Å². The third kappa shape index (κ3) is 11.9. The fourth-order valence-electron chi connectivity index (χ4n) is 3.43. The lowest BCUT2D eigenvalue weighted by Crippen LogP contribution is -2.49. The third-order valence-electron chi connectivity index (χ3n) is 5.19. The topological polar surface area (TPSA) is 134 Å². The van der Waals surface area contributed by atoms with E-state index in [9.17, 15) is 19.2 Å². The molecule has 0 aliphatic carbocycles. The number of hydrogen-bond acceptors (Lipinski definition) is 6. The Labute approximate surface area is 206 Å². The molecule has 0 radical (unpaired) electrons. The molecule has 0 heterocycles. The van der Waals surface area contributed by atoms with E-state index in [-0.39, 0.29) is 30.8 Å². The van der Waals surface area contributed by atoms with Crippen LogP contribution < -0.4 is 16.0 Å². The van der Waals surface area contributed by atoms with Crippen LogP contribution in [0.15, 0.2) is 30.3 Å². The number of carbonyl (C=O) groups excluding carboxylic acids is 3. The van der Waals surface area contributed by atoms with E-state index in [0.717, 1.165) is 5.56 Å². The van der Waals surface area contributed by atoms with Gasteiger partial charge in [-0.2, -0.15) is 12.6 Å². The number of amides is 3. The van der Waals surface area contributed by atoms with Gasteiger partial charge in [0, 0.05) is 18.8 Å². The average Bonchev–Trinajstić information content (AvgIpc) is 2.79. The normalized spacial score (nSPS) is 13.4. The highest BCUT2D eigenvalue weighted by Gasteiger charge is 2.31. The summed E-state index contributed by atoms with van der Waals surface area (Å²) in [7, 11) is 1.49. The van der Waals surface area contributed by atoms with Crippen LogP contribution in [0.3, 0.4) is 0 Å². The number of aliphatic carboxylic acids is 1. The Morgan fingerprint density at radius 3 is 2.32 bits per heavy atom. The molecule has 10 heteroatoms. The van der Waals surface area contributed by atoms with Crippen LogP contribution in [0.4, 0.5) is 4.79 Å². The van der Waals surface area contributed by atoms with Gasteiger partial charge in [0.15, 0.2) is 0 Å². The maximum absolute atomic E-state index is 12.9. The zero-order valence-electron chi connectivity index (χ0n) is 20.1. The number of carboxylic acids is 1. The summed E-state index contributed by atoms with van der Waals surface area (Å²) in [4.78, 5) is 48.1. The summed E-state index contributed by atoms with van der Waals surface area (Å²) in [6.07, 6.45) is 1.23. The molecular formula is C24H37N3O6S. The van der Waals surface area contributed by atoms with Gasteiger partial charge >= 0.3 is 12.1 Å². The molecule has 0 fully saturated rings. The molecule has 0 saturated heterocycles. The summed E-state index contributed by atoms with van der Waals surface area (Å²) in [6, 6.07) is 8.59. The largest absolute Gasteiger partial charge is 0.481 e. The molecule has 34 heavy (non-hydrogen) atoms. The molecule has 0 spiro atoms. The molecule has 190 valence electrons. The van der Waals surface area contributed by atoms with Gasteiger partial charge in [-0.05, 0) is 37.2 Å². The van der Waals surface area contributed by atoms with Crippen molar-refractivity contribution in [1.82, 2.24) is 16.0 Å². The maximum atomic E-state index is 12.9. The summed E-state index contributed by atoms with van der Waals surface area (Å²) < 4.78 is 5.15. The number of carboxylic acid groups (broad SMARTS) is 1. The van der Waals surface area contributed by atoms with Gasteiger partial charge in [-0.25, -0.2) is 4.79 Å².